The Morgan fingerprint density at radius 2 is 1.95 bits per heavy atom. The summed E-state index contributed by atoms with van der Waals surface area (Å²) in [7, 11) is 1.98. The molecule has 0 fully saturated rings. The van der Waals surface area contributed by atoms with Crippen molar-refractivity contribution in [3.63, 3.8) is 0 Å². The lowest BCUT2D eigenvalue weighted by molar-refractivity contribution is 0.591. The molecule has 5 heteroatoms. The van der Waals surface area contributed by atoms with E-state index in [9.17, 15) is 0 Å². The molecule has 2 aromatic rings. The number of hydrogen-bond donors (Lipinski definition) is 1. The van der Waals surface area contributed by atoms with Gasteiger partial charge in [-0.15, -0.1) is 10.2 Å². The van der Waals surface area contributed by atoms with Crippen LogP contribution in [0.2, 0.25) is 0 Å². The number of hydrogen-bond acceptors (Lipinski definition) is 4. The summed E-state index contributed by atoms with van der Waals surface area (Å²) in [5, 5.41) is 13.0. The monoisotopic (exact) mass is 302 g/mol. The van der Waals surface area contributed by atoms with E-state index in [2.05, 4.69) is 51.3 Å². The van der Waals surface area contributed by atoms with Crippen molar-refractivity contribution in [2.75, 3.05) is 7.05 Å². The van der Waals surface area contributed by atoms with Gasteiger partial charge in [0.1, 0.15) is 5.82 Å². The van der Waals surface area contributed by atoms with Crippen molar-refractivity contribution < 1.29 is 0 Å². The standard InChI is InChI=1S/C16H22N4S/c1-12(17-2)13-7-9-14(10-8-13)21-16-19-18-15-6-4-3-5-11-20(15)16/h7-10,12,17H,3-6,11H2,1-2H3. The van der Waals surface area contributed by atoms with Crippen LogP contribution < -0.4 is 5.32 Å². The molecule has 1 aromatic heterocycles. The average molecular weight is 302 g/mol. The number of fused-ring (bicyclic) bond motifs is 1. The van der Waals surface area contributed by atoms with Crippen LogP contribution in [-0.4, -0.2) is 21.8 Å². The smallest absolute Gasteiger partial charge is 0.196 e. The molecule has 1 aliphatic heterocycles. The van der Waals surface area contributed by atoms with Gasteiger partial charge in [0, 0.05) is 23.9 Å². The lowest BCUT2D eigenvalue weighted by atomic mass is 10.1. The van der Waals surface area contributed by atoms with Crippen LogP contribution >= 0.6 is 11.8 Å². The van der Waals surface area contributed by atoms with Gasteiger partial charge in [-0.3, -0.25) is 0 Å². The zero-order valence-electron chi connectivity index (χ0n) is 12.7. The first-order valence-electron chi connectivity index (χ1n) is 7.65. The highest BCUT2D eigenvalue weighted by molar-refractivity contribution is 7.99. The van der Waals surface area contributed by atoms with Crippen LogP contribution in [0.15, 0.2) is 34.3 Å². The second-order valence-electron chi connectivity index (χ2n) is 5.54. The largest absolute Gasteiger partial charge is 0.313 e. The average Bonchev–Trinajstić information content (AvgIpc) is 2.75. The molecule has 0 aliphatic carbocycles. The Morgan fingerprint density at radius 3 is 2.71 bits per heavy atom. The van der Waals surface area contributed by atoms with Crippen LogP contribution in [0.5, 0.6) is 0 Å². The zero-order valence-corrected chi connectivity index (χ0v) is 13.5. The Balaban J connectivity index is 1.76. The van der Waals surface area contributed by atoms with Gasteiger partial charge in [-0.1, -0.05) is 18.6 Å². The van der Waals surface area contributed by atoms with E-state index in [0.29, 0.717) is 6.04 Å². The van der Waals surface area contributed by atoms with E-state index in [0.717, 1.165) is 23.9 Å². The van der Waals surface area contributed by atoms with Crippen LogP contribution in [0.3, 0.4) is 0 Å². The quantitative estimate of drug-likeness (QED) is 0.939. The number of nitrogens with one attached hydrogen (secondary N) is 1. The Hall–Kier alpha value is -1.33. The topological polar surface area (TPSA) is 42.7 Å². The highest BCUT2D eigenvalue weighted by Crippen LogP contribution is 2.29. The molecule has 0 spiro atoms. The van der Waals surface area contributed by atoms with Gasteiger partial charge in [-0.2, -0.15) is 0 Å². The summed E-state index contributed by atoms with van der Waals surface area (Å²) in [6.07, 6.45) is 4.83. The highest BCUT2D eigenvalue weighted by atomic mass is 32.2. The van der Waals surface area contributed by atoms with Crippen molar-refractivity contribution in [2.24, 2.45) is 0 Å². The minimum atomic E-state index is 0.383. The number of aryl methyl sites for hydroxylation is 1. The molecule has 4 nitrogen and oxygen atoms in total. The van der Waals surface area contributed by atoms with Crippen molar-refractivity contribution in [1.29, 1.82) is 0 Å². The highest BCUT2D eigenvalue weighted by Gasteiger charge is 2.15. The van der Waals surface area contributed by atoms with Crippen LogP contribution in [-0.2, 0) is 13.0 Å². The number of aromatic nitrogens is 3. The second-order valence-corrected chi connectivity index (χ2v) is 6.58. The molecular weight excluding hydrogens is 280 g/mol. The van der Waals surface area contributed by atoms with Crippen LogP contribution in [0, 0.1) is 0 Å². The minimum absolute atomic E-state index is 0.383. The first-order chi connectivity index (χ1) is 10.3. The molecule has 112 valence electrons. The number of nitrogens with zero attached hydrogens (tertiary/aromatic N) is 3. The SMILES string of the molecule is CNC(C)c1ccc(Sc2nnc3n2CCCCC3)cc1. The number of benzene rings is 1. The van der Waals surface area contributed by atoms with Crippen molar-refractivity contribution in [3.05, 3.63) is 35.7 Å². The molecule has 2 heterocycles. The van der Waals surface area contributed by atoms with E-state index in [1.165, 1.54) is 29.7 Å². The summed E-state index contributed by atoms with van der Waals surface area (Å²) in [5.41, 5.74) is 1.31. The van der Waals surface area contributed by atoms with Crippen molar-refractivity contribution in [2.45, 2.75) is 55.2 Å². The molecule has 0 saturated carbocycles. The molecule has 1 aromatic carbocycles. The predicted octanol–water partition coefficient (Wildman–Crippen LogP) is 3.44. The molecule has 0 saturated heterocycles. The molecule has 1 N–H and O–H groups in total. The van der Waals surface area contributed by atoms with Crippen molar-refractivity contribution in [3.8, 4) is 0 Å². The fourth-order valence-corrected chi connectivity index (χ4v) is 3.50. The fourth-order valence-electron chi connectivity index (χ4n) is 2.63. The lowest BCUT2D eigenvalue weighted by Crippen LogP contribution is -2.11. The summed E-state index contributed by atoms with van der Waals surface area (Å²) in [6.45, 7) is 3.22. The van der Waals surface area contributed by atoms with Gasteiger partial charge in [0.05, 0.1) is 0 Å². The van der Waals surface area contributed by atoms with Gasteiger partial charge >= 0.3 is 0 Å². The van der Waals surface area contributed by atoms with E-state index < -0.39 is 0 Å². The molecule has 0 amide bonds. The molecule has 1 aliphatic rings. The van der Waals surface area contributed by atoms with Gasteiger partial charge in [0.2, 0.25) is 0 Å². The first kappa shape index (κ1) is 14.6. The Bertz CT molecular complexity index is 591. The van der Waals surface area contributed by atoms with E-state index in [1.54, 1.807) is 11.8 Å². The van der Waals surface area contributed by atoms with Gasteiger partial charge in [-0.05, 0) is 56.3 Å². The van der Waals surface area contributed by atoms with Gasteiger partial charge in [0.25, 0.3) is 0 Å². The van der Waals surface area contributed by atoms with Crippen molar-refractivity contribution in [1.82, 2.24) is 20.1 Å². The number of rotatable bonds is 4. The Labute approximate surface area is 130 Å². The van der Waals surface area contributed by atoms with Crippen LogP contribution in [0.4, 0.5) is 0 Å². The fraction of sp³-hybridized carbons (Fsp3) is 0.500. The third-order valence-electron chi connectivity index (χ3n) is 4.10. The maximum absolute atomic E-state index is 4.37. The lowest BCUT2D eigenvalue weighted by Gasteiger charge is -2.11. The predicted molar refractivity (Wildman–Crippen MR) is 85.6 cm³/mol. The maximum atomic E-state index is 4.37. The summed E-state index contributed by atoms with van der Waals surface area (Å²) in [5.74, 6) is 1.15. The maximum Gasteiger partial charge on any atom is 0.196 e. The van der Waals surface area contributed by atoms with Crippen molar-refractivity contribution >= 4 is 11.8 Å². The Morgan fingerprint density at radius 1 is 1.14 bits per heavy atom. The van der Waals surface area contributed by atoms with E-state index >= 15 is 0 Å². The summed E-state index contributed by atoms with van der Waals surface area (Å²) in [6, 6.07) is 9.10. The molecule has 3 rings (SSSR count). The second kappa shape index (κ2) is 6.62. The first-order valence-corrected chi connectivity index (χ1v) is 8.47. The third-order valence-corrected chi connectivity index (χ3v) is 5.09. The van der Waals surface area contributed by atoms with E-state index in [4.69, 9.17) is 0 Å². The van der Waals surface area contributed by atoms with Crippen LogP contribution in [0.25, 0.3) is 0 Å². The zero-order chi connectivity index (χ0) is 14.7. The van der Waals surface area contributed by atoms with Crippen LogP contribution in [0.1, 0.15) is 43.6 Å². The molecule has 1 unspecified atom stereocenters. The third kappa shape index (κ3) is 3.30. The van der Waals surface area contributed by atoms with E-state index in [-0.39, 0.29) is 0 Å². The van der Waals surface area contributed by atoms with Gasteiger partial charge < -0.3 is 9.88 Å². The molecule has 0 bridgehead atoms. The Kier molecular flexibility index (Phi) is 4.60. The molecule has 1 atom stereocenters. The molecular formula is C16H22N4S. The summed E-state index contributed by atoms with van der Waals surface area (Å²) >= 11 is 1.72. The molecule has 21 heavy (non-hydrogen) atoms. The summed E-state index contributed by atoms with van der Waals surface area (Å²) < 4.78 is 2.29. The van der Waals surface area contributed by atoms with Gasteiger partial charge in [-0.25, -0.2) is 0 Å². The molecule has 0 radical (unpaired) electrons. The summed E-state index contributed by atoms with van der Waals surface area (Å²) in [4.78, 5) is 1.22. The van der Waals surface area contributed by atoms with E-state index in [1.807, 2.05) is 7.05 Å². The minimum Gasteiger partial charge on any atom is -0.313 e. The normalized spacial score (nSPS) is 16.3. The van der Waals surface area contributed by atoms with Gasteiger partial charge in [0.15, 0.2) is 5.16 Å².